The average Bonchev–Trinajstić information content (AvgIpc) is 2.49. The van der Waals surface area contributed by atoms with Gasteiger partial charge in [-0.15, -0.1) is 0 Å². The lowest BCUT2D eigenvalue weighted by atomic mass is 9.80. The molecule has 2 nitrogen and oxygen atoms in total. The summed E-state index contributed by atoms with van der Waals surface area (Å²) >= 11 is 0. The van der Waals surface area contributed by atoms with Crippen LogP contribution in [-0.4, -0.2) is 10.8 Å². The van der Waals surface area contributed by atoms with Gasteiger partial charge >= 0.3 is 0 Å². The smallest absolute Gasteiger partial charge is 0.172 e. The molecule has 2 rings (SSSR count). The molecule has 0 aliphatic carbocycles. The maximum Gasteiger partial charge on any atom is 0.172 e. The molecule has 2 unspecified atom stereocenters. The van der Waals surface area contributed by atoms with E-state index in [0.717, 1.165) is 12.0 Å². The third kappa shape index (κ3) is 3.08. The van der Waals surface area contributed by atoms with Gasteiger partial charge in [0.2, 0.25) is 0 Å². The summed E-state index contributed by atoms with van der Waals surface area (Å²) in [5, 5.41) is 0. The minimum absolute atomic E-state index is 0.0876. The van der Waals surface area contributed by atoms with Crippen LogP contribution in [0.5, 0.6) is 0 Å². The van der Waals surface area contributed by atoms with Crippen LogP contribution in [0.3, 0.4) is 0 Å². The lowest BCUT2D eigenvalue weighted by Crippen LogP contribution is -2.20. The van der Waals surface area contributed by atoms with Crippen LogP contribution in [0.4, 0.5) is 0 Å². The molecule has 0 spiro atoms. The van der Waals surface area contributed by atoms with Crippen molar-refractivity contribution < 1.29 is 4.79 Å². The Morgan fingerprint density at radius 3 is 2.47 bits per heavy atom. The number of aromatic nitrogens is 1. The van der Waals surface area contributed by atoms with Crippen molar-refractivity contribution in [3.05, 3.63) is 66.0 Å². The van der Waals surface area contributed by atoms with Crippen molar-refractivity contribution >= 4 is 5.78 Å². The van der Waals surface area contributed by atoms with Crippen LogP contribution in [0.25, 0.3) is 0 Å². The molecule has 0 aliphatic heterocycles. The molecule has 1 aromatic carbocycles. The van der Waals surface area contributed by atoms with E-state index in [1.165, 1.54) is 0 Å². The van der Waals surface area contributed by atoms with Crippen molar-refractivity contribution in [2.24, 2.45) is 5.92 Å². The van der Waals surface area contributed by atoms with E-state index in [1.807, 2.05) is 42.5 Å². The molecular formula is C17H19NO. The van der Waals surface area contributed by atoms with Gasteiger partial charge in [0, 0.05) is 23.9 Å². The SMILES string of the molecule is CCC(C)C(C(=O)c1cccnc1)c1ccccc1. The van der Waals surface area contributed by atoms with Crippen molar-refractivity contribution in [1.29, 1.82) is 0 Å². The quantitative estimate of drug-likeness (QED) is 0.751. The van der Waals surface area contributed by atoms with Gasteiger partial charge in [-0.1, -0.05) is 50.6 Å². The molecule has 1 heterocycles. The zero-order valence-corrected chi connectivity index (χ0v) is 11.4. The minimum atomic E-state index is -0.0876. The highest BCUT2D eigenvalue weighted by molar-refractivity contribution is 6.00. The van der Waals surface area contributed by atoms with E-state index >= 15 is 0 Å². The number of ketones is 1. The highest BCUT2D eigenvalue weighted by Crippen LogP contribution is 2.30. The normalized spacial score (nSPS) is 13.8. The van der Waals surface area contributed by atoms with Gasteiger partial charge in [0.1, 0.15) is 0 Å². The number of benzene rings is 1. The molecule has 2 atom stereocenters. The molecule has 0 fully saturated rings. The summed E-state index contributed by atoms with van der Waals surface area (Å²) in [6.45, 7) is 4.25. The highest BCUT2D eigenvalue weighted by Gasteiger charge is 2.26. The maximum absolute atomic E-state index is 12.7. The van der Waals surface area contributed by atoms with Crippen molar-refractivity contribution in [2.45, 2.75) is 26.2 Å². The summed E-state index contributed by atoms with van der Waals surface area (Å²) in [7, 11) is 0. The predicted octanol–water partition coefficient (Wildman–Crippen LogP) is 4.09. The minimum Gasteiger partial charge on any atom is -0.293 e. The second-order valence-electron chi connectivity index (χ2n) is 4.88. The number of rotatable bonds is 5. The first-order valence-corrected chi connectivity index (χ1v) is 6.73. The van der Waals surface area contributed by atoms with Gasteiger partial charge in [0.25, 0.3) is 0 Å². The van der Waals surface area contributed by atoms with Crippen LogP contribution in [-0.2, 0) is 0 Å². The van der Waals surface area contributed by atoms with E-state index < -0.39 is 0 Å². The number of nitrogens with zero attached hydrogens (tertiary/aromatic N) is 1. The summed E-state index contributed by atoms with van der Waals surface area (Å²) in [4.78, 5) is 16.8. The zero-order valence-electron chi connectivity index (χ0n) is 11.4. The Kier molecular flexibility index (Phi) is 4.45. The Bertz CT molecular complexity index is 521. The molecular weight excluding hydrogens is 234 g/mol. The Morgan fingerprint density at radius 2 is 1.89 bits per heavy atom. The van der Waals surface area contributed by atoms with Gasteiger partial charge in [-0.3, -0.25) is 9.78 Å². The molecule has 2 heteroatoms. The monoisotopic (exact) mass is 253 g/mol. The molecule has 0 aliphatic rings. The van der Waals surface area contributed by atoms with E-state index in [1.54, 1.807) is 12.4 Å². The van der Waals surface area contributed by atoms with Gasteiger partial charge in [0.05, 0.1) is 0 Å². The molecule has 0 saturated carbocycles. The van der Waals surface area contributed by atoms with Gasteiger partial charge in [-0.25, -0.2) is 0 Å². The fourth-order valence-electron chi connectivity index (χ4n) is 2.32. The van der Waals surface area contributed by atoms with Crippen LogP contribution in [0.1, 0.15) is 42.1 Å². The number of pyridine rings is 1. The number of carbonyl (C=O) groups excluding carboxylic acids is 1. The van der Waals surface area contributed by atoms with Crippen LogP contribution >= 0.6 is 0 Å². The van der Waals surface area contributed by atoms with Gasteiger partial charge in [0.15, 0.2) is 5.78 Å². The van der Waals surface area contributed by atoms with E-state index in [4.69, 9.17) is 0 Å². The van der Waals surface area contributed by atoms with E-state index in [2.05, 4.69) is 18.8 Å². The van der Waals surface area contributed by atoms with Crippen molar-refractivity contribution in [2.75, 3.05) is 0 Å². The lowest BCUT2D eigenvalue weighted by molar-refractivity contribution is 0.0931. The Morgan fingerprint density at radius 1 is 1.16 bits per heavy atom. The summed E-state index contributed by atoms with van der Waals surface area (Å²) in [5.41, 5.74) is 1.78. The molecule has 0 N–H and O–H groups in total. The van der Waals surface area contributed by atoms with Crippen LogP contribution in [0.2, 0.25) is 0 Å². The zero-order chi connectivity index (χ0) is 13.7. The van der Waals surface area contributed by atoms with Gasteiger partial charge < -0.3 is 0 Å². The van der Waals surface area contributed by atoms with E-state index in [0.29, 0.717) is 11.5 Å². The van der Waals surface area contributed by atoms with E-state index in [9.17, 15) is 4.79 Å². The molecule has 0 radical (unpaired) electrons. The number of carbonyl (C=O) groups is 1. The van der Waals surface area contributed by atoms with Crippen molar-refractivity contribution in [1.82, 2.24) is 4.98 Å². The second kappa shape index (κ2) is 6.28. The standard InChI is InChI=1S/C17H19NO/c1-3-13(2)16(14-8-5-4-6-9-14)17(19)15-10-7-11-18-12-15/h4-13,16H,3H2,1-2H3. The number of hydrogen-bond donors (Lipinski definition) is 0. The molecule has 0 bridgehead atoms. The van der Waals surface area contributed by atoms with E-state index in [-0.39, 0.29) is 11.7 Å². The summed E-state index contributed by atoms with van der Waals surface area (Å²) in [6.07, 6.45) is 4.32. The predicted molar refractivity (Wildman–Crippen MR) is 77.2 cm³/mol. The van der Waals surface area contributed by atoms with Crippen LogP contribution in [0, 0.1) is 5.92 Å². The van der Waals surface area contributed by atoms with Crippen molar-refractivity contribution in [3.63, 3.8) is 0 Å². The topological polar surface area (TPSA) is 30.0 Å². The van der Waals surface area contributed by atoms with Crippen LogP contribution < -0.4 is 0 Å². The molecule has 0 amide bonds. The summed E-state index contributed by atoms with van der Waals surface area (Å²) < 4.78 is 0. The third-order valence-electron chi connectivity index (χ3n) is 3.60. The average molecular weight is 253 g/mol. The first-order valence-electron chi connectivity index (χ1n) is 6.73. The number of Topliss-reactive ketones (excluding diaryl/α,β-unsaturated/α-hetero) is 1. The summed E-state index contributed by atoms with van der Waals surface area (Å²) in [5.74, 6) is 0.388. The van der Waals surface area contributed by atoms with Gasteiger partial charge in [-0.05, 0) is 23.6 Å². The van der Waals surface area contributed by atoms with Crippen molar-refractivity contribution in [3.8, 4) is 0 Å². The van der Waals surface area contributed by atoms with Gasteiger partial charge in [-0.2, -0.15) is 0 Å². The highest BCUT2D eigenvalue weighted by atomic mass is 16.1. The first-order chi connectivity index (χ1) is 9.24. The Hall–Kier alpha value is -1.96. The Balaban J connectivity index is 2.37. The first kappa shape index (κ1) is 13.5. The molecule has 19 heavy (non-hydrogen) atoms. The third-order valence-corrected chi connectivity index (χ3v) is 3.60. The molecule has 1 aromatic heterocycles. The second-order valence-corrected chi connectivity index (χ2v) is 4.88. The summed E-state index contributed by atoms with van der Waals surface area (Å²) in [6, 6.07) is 13.7. The largest absolute Gasteiger partial charge is 0.293 e. The van der Waals surface area contributed by atoms with Crippen LogP contribution in [0.15, 0.2) is 54.9 Å². The fraction of sp³-hybridized carbons (Fsp3) is 0.294. The Labute approximate surface area is 114 Å². The molecule has 98 valence electrons. The lowest BCUT2D eigenvalue weighted by Gasteiger charge is -2.22. The molecule has 0 saturated heterocycles. The molecule has 2 aromatic rings. The fourth-order valence-corrected chi connectivity index (χ4v) is 2.32. The number of hydrogen-bond acceptors (Lipinski definition) is 2. The maximum atomic E-state index is 12.7.